The number of nitrogens with zero attached hydrogens (tertiary/aromatic N) is 2. The minimum Gasteiger partial charge on any atom is -0.497 e. The van der Waals surface area contributed by atoms with Gasteiger partial charge < -0.3 is 14.4 Å². The van der Waals surface area contributed by atoms with Crippen LogP contribution in [0.4, 0.5) is 0 Å². The lowest BCUT2D eigenvalue weighted by Gasteiger charge is -2.10. The lowest BCUT2D eigenvalue weighted by Crippen LogP contribution is -2.03. The van der Waals surface area contributed by atoms with E-state index in [2.05, 4.69) is 22.5 Å². The van der Waals surface area contributed by atoms with Crippen LogP contribution in [0.25, 0.3) is 33.1 Å². The zero-order valence-electron chi connectivity index (χ0n) is 14.6. The first kappa shape index (κ1) is 16.1. The predicted octanol–water partition coefficient (Wildman–Crippen LogP) is 4.58. The smallest absolute Gasteiger partial charge is 0.354 e. The highest BCUT2D eigenvalue weighted by molar-refractivity contribution is 6.13. The van der Waals surface area contributed by atoms with Gasteiger partial charge >= 0.3 is 5.97 Å². The number of ether oxygens (including phenoxy) is 1. The number of aromatic carboxylic acids is 1. The molecule has 0 aliphatic heterocycles. The van der Waals surface area contributed by atoms with Crippen molar-refractivity contribution in [2.45, 2.75) is 13.5 Å². The Bertz CT molecular complexity index is 1130. The molecule has 0 amide bonds. The van der Waals surface area contributed by atoms with Crippen molar-refractivity contribution in [1.82, 2.24) is 9.55 Å². The normalized spacial score (nSPS) is 11.2. The molecule has 1 N–H and O–H groups in total. The van der Waals surface area contributed by atoms with Crippen LogP contribution in [0.5, 0.6) is 5.75 Å². The molecule has 2 aromatic heterocycles. The number of aromatic nitrogens is 2. The standard InChI is InChI=1S/C21H18N2O3/c1-3-23-18-7-5-4-6-15(18)16-12-17(21(24)25)22-19(20(16)23)13-8-10-14(26-2)11-9-13/h4-12H,3H2,1-2H3,(H,24,25). The Hall–Kier alpha value is -3.34. The number of carbonyl (C=O) groups is 1. The van der Waals surface area contributed by atoms with Crippen LogP contribution in [0.3, 0.4) is 0 Å². The van der Waals surface area contributed by atoms with Crippen molar-refractivity contribution < 1.29 is 14.6 Å². The van der Waals surface area contributed by atoms with Crippen LogP contribution >= 0.6 is 0 Å². The third kappa shape index (κ3) is 2.40. The highest BCUT2D eigenvalue weighted by Gasteiger charge is 2.19. The van der Waals surface area contributed by atoms with Crippen molar-refractivity contribution >= 4 is 27.8 Å². The summed E-state index contributed by atoms with van der Waals surface area (Å²) in [6.07, 6.45) is 0. The van der Waals surface area contributed by atoms with E-state index < -0.39 is 5.97 Å². The lowest BCUT2D eigenvalue weighted by molar-refractivity contribution is 0.0691. The van der Waals surface area contributed by atoms with E-state index in [0.29, 0.717) is 5.69 Å². The molecule has 0 aliphatic rings. The minimum absolute atomic E-state index is 0.0438. The van der Waals surface area contributed by atoms with Crippen molar-refractivity contribution in [2.75, 3.05) is 7.11 Å². The Morgan fingerprint density at radius 2 is 1.85 bits per heavy atom. The molecular formula is C21H18N2O3. The molecular weight excluding hydrogens is 328 g/mol. The number of pyridine rings is 1. The molecule has 26 heavy (non-hydrogen) atoms. The van der Waals surface area contributed by atoms with Gasteiger partial charge in [-0.25, -0.2) is 9.78 Å². The Balaban J connectivity index is 2.14. The van der Waals surface area contributed by atoms with E-state index in [4.69, 9.17) is 4.74 Å². The van der Waals surface area contributed by atoms with Gasteiger partial charge in [0.05, 0.1) is 18.3 Å². The van der Waals surface area contributed by atoms with Gasteiger partial charge in [-0.15, -0.1) is 0 Å². The number of hydrogen-bond acceptors (Lipinski definition) is 3. The number of hydrogen-bond donors (Lipinski definition) is 1. The Morgan fingerprint density at radius 1 is 1.12 bits per heavy atom. The Kier molecular flexibility index (Phi) is 3.84. The fraction of sp³-hybridized carbons (Fsp3) is 0.143. The van der Waals surface area contributed by atoms with E-state index in [-0.39, 0.29) is 5.69 Å². The Labute approximate surface area is 150 Å². The predicted molar refractivity (Wildman–Crippen MR) is 102 cm³/mol. The van der Waals surface area contributed by atoms with E-state index in [1.165, 1.54) is 0 Å². The molecule has 4 rings (SSSR count). The molecule has 5 heteroatoms. The van der Waals surface area contributed by atoms with Gasteiger partial charge in [0.2, 0.25) is 0 Å². The number of para-hydroxylation sites is 1. The van der Waals surface area contributed by atoms with E-state index in [1.54, 1.807) is 13.2 Å². The van der Waals surface area contributed by atoms with Crippen LogP contribution in [0, 0.1) is 0 Å². The summed E-state index contributed by atoms with van der Waals surface area (Å²) in [6, 6.07) is 17.2. The van der Waals surface area contributed by atoms with Crippen molar-refractivity contribution in [1.29, 1.82) is 0 Å². The first-order valence-electron chi connectivity index (χ1n) is 8.43. The molecule has 0 saturated heterocycles. The molecule has 0 fully saturated rings. The zero-order valence-corrected chi connectivity index (χ0v) is 14.6. The molecule has 0 aliphatic carbocycles. The van der Waals surface area contributed by atoms with Crippen molar-refractivity contribution in [3.63, 3.8) is 0 Å². The van der Waals surface area contributed by atoms with E-state index >= 15 is 0 Å². The number of aryl methyl sites for hydroxylation is 1. The molecule has 0 bridgehead atoms. The summed E-state index contributed by atoms with van der Waals surface area (Å²) in [6.45, 7) is 2.84. The van der Waals surface area contributed by atoms with Crippen molar-refractivity contribution in [2.24, 2.45) is 0 Å². The number of fused-ring (bicyclic) bond motifs is 3. The largest absolute Gasteiger partial charge is 0.497 e. The second kappa shape index (κ2) is 6.19. The third-order valence-electron chi connectivity index (χ3n) is 4.65. The van der Waals surface area contributed by atoms with Crippen LogP contribution in [-0.4, -0.2) is 27.7 Å². The maximum absolute atomic E-state index is 11.7. The molecule has 0 unspecified atom stereocenters. The number of carboxylic acids is 1. The average molecular weight is 346 g/mol. The number of benzene rings is 2. The SMILES string of the molecule is CCn1c2ccccc2c2cc(C(=O)O)nc(-c3ccc(OC)cc3)c21. The summed E-state index contributed by atoms with van der Waals surface area (Å²) in [5, 5.41) is 11.5. The minimum atomic E-state index is -1.03. The van der Waals surface area contributed by atoms with Crippen LogP contribution in [0.1, 0.15) is 17.4 Å². The molecule has 0 spiro atoms. The highest BCUT2D eigenvalue weighted by atomic mass is 16.5. The maximum atomic E-state index is 11.7. The lowest BCUT2D eigenvalue weighted by atomic mass is 10.1. The summed E-state index contributed by atoms with van der Waals surface area (Å²) in [7, 11) is 1.62. The number of methoxy groups -OCH3 is 1. The molecule has 130 valence electrons. The van der Waals surface area contributed by atoms with Crippen molar-refractivity contribution in [3.05, 3.63) is 60.3 Å². The summed E-state index contributed by atoms with van der Waals surface area (Å²) in [5.74, 6) is -0.287. The molecule has 0 saturated carbocycles. The third-order valence-corrected chi connectivity index (χ3v) is 4.65. The molecule has 2 heterocycles. The van der Waals surface area contributed by atoms with E-state index in [1.807, 2.05) is 42.5 Å². The summed E-state index contributed by atoms with van der Waals surface area (Å²) in [4.78, 5) is 16.1. The zero-order chi connectivity index (χ0) is 18.3. The molecule has 2 aromatic carbocycles. The second-order valence-corrected chi connectivity index (χ2v) is 6.05. The van der Waals surface area contributed by atoms with Gasteiger partial charge in [-0.3, -0.25) is 0 Å². The fourth-order valence-electron chi connectivity index (χ4n) is 3.46. The number of rotatable bonds is 4. The fourth-order valence-corrected chi connectivity index (χ4v) is 3.46. The van der Waals surface area contributed by atoms with Gasteiger partial charge in [0, 0.05) is 28.4 Å². The van der Waals surface area contributed by atoms with Gasteiger partial charge in [0.25, 0.3) is 0 Å². The summed E-state index contributed by atoms with van der Waals surface area (Å²) < 4.78 is 7.41. The van der Waals surface area contributed by atoms with Crippen LogP contribution < -0.4 is 4.74 Å². The highest BCUT2D eigenvalue weighted by Crippen LogP contribution is 2.35. The first-order valence-corrected chi connectivity index (χ1v) is 8.43. The van der Waals surface area contributed by atoms with Gasteiger partial charge in [0.1, 0.15) is 11.4 Å². The van der Waals surface area contributed by atoms with Gasteiger partial charge in [-0.1, -0.05) is 18.2 Å². The van der Waals surface area contributed by atoms with E-state index in [0.717, 1.165) is 39.7 Å². The molecule has 0 atom stereocenters. The van der Waals surface area contributed by atoms with Gasteiger partial charge in [-0.05, 0) is 43.3 Å². The van der Waals surface area contributed by atoms with Crippen LogP contribution in [0.15, 0.2) is 54.6 Å². The van der Waals surface area contributed by atoms with Crippen molar-refractivity contribution in [3.8, 4) is 17.0 Å². The number of carboxylic acid groups (broad SMARTS) is 1. The van der Waals surface area contributed by atoms with Crippen LogP contribution in [0.2, 0.25) is 0 Å². The van der Waals surface area contributed by atoms with Gasteiger partial charge in [-0.2, -0.15) is 0 Å². The monoisotopic (exact) mass is 346 g/mol. The van der Waals surface area contributed by atoms with Gasteiger partial charge in [0.15, 0.2) is 0 Å². The first-order chi connectivity index (χ1) is 12.6. The summed E-state index contributed by atoms with van der Waals surface area (Å²) in [5.41, 5.74) is 3.59. The molecule has 5 nitrogen and oxygen atoms in total. The molecule has 0 radical (unpaired) electrons. The quantitative estimate of drug-likeness (QED) is 0.587. The maximum Gasteiger partial charge on any atom is 0.354 e. The topological polar surface area (TPSA) is 64.4 Å². The van der Waals surface area contributed by atoms with Crippen LogP contribution in [-0.2, 0) is 6.54 Å². The molecule has 4 aromatic rings. The Morgan fingerprint density at radius 3 is 2.50 bits per heavy atom. The second-order valence-electron chi connectivity index (χ2n) is 6.05. The average Bonchev–Trinajstić information content (AvgIpc) is 3.01. The van der Waals surface area contributed by atoms with E-state index in [9.17, 15) is 9.90 Å². The summed E-state index contributed by atoms with van der Waals surface area (Å²) >= 11 is 0.